The van der Waals surface area contributed by atoms with Crippen LogP contribution in [-0.4, -0.2) is 19.7 Å². The maximum atomic E-state index is 4.59. The molecule has 0 saturated carbocycles. The van der Waals surface area contributed by atoms with Gasteiger partial charge in [0.1, 0.15) is 5.82 Å². The molecule has 0 saturated heterocycles. The standard InChI is InChI=1S/C19H24N4/c1-14(17-8-5-4-6-9-17)19-20-11-13-23(19)12-7-10-18-15(2)21-22-16(18)3/h4-6,8-9,11,13-14H,7,10,12H2,1-3H3,(H,21,22). The van der Waals surface area contributed by atoms with Gasteiger partial charge in [0.05, 0.1) is 5.69 Å². The van der Waals surface area contributed by atoms with Crippen molar-refractivity contribution >= 4 is 0 Å². The number of hydrogen-bond donors (Lipinski definition) is 1. The normalized spacial score (nSPS) is 12.5. The molecule has 0 radical (unpaired) electrons. The van der Waals surface area contributed by atoms with Crippen LogP contribution >= 0.6 is 0 Å². The Kier molecular flexibility index (Phi) is 4.60. The van der Waals surface area contributed by atoms with Crippen molar-refractivity contribution in [1.29, 1.82) is 0 Å². The monoisotopic (exact) mass is 308 g/mol. The summed E-state index contributed by atoms with van der Waals surface area (Å²) in [4.78, 5) is 4.59. The van der Waals surface area contributed by atoms with Crippen LogP contribution in [0.5, 0.6) is 0 Å². The highest BCUT2D eigenvalue weighted by Gasteiger charge is 2.14. The van der Waals surface area contributed by atoms with Gasteiger partial charge in [0.15, 0.2) is 0 Å². The molecule has 4 heteroatoms. The first kappa shape index (κ1) is 15.5. The summed E-state index contributed by atoms with van der Waals surface area (Å²) in [7, 11) is 0. The number of nitrogens with one attached hydrogen (secondary N) is 1. The molecule has 0 bridgehead atoms. The fraction of sp³-hybridized carbons (Fsp3) is 0.368. The topological polar surface area (TPSA) is 46.5 Å². The number of aromatic amines is 1. The SMILES string of the molecule is Cc1n[nH]c(C)c1CCCn1ccnc1C(C)c1ccccc1. The van der Waals surface area contributed by atoms with Gasteiger partial charge in [0.2, 0.25) is 0 Å². The Morgan fingerprint density at radius 2 is 1.96 bits per heavy atom. The zero-order chi connectivity index (χ0) is 16.2. The highest BCUT2D eigenvalue weighted by molar-refractivity contribution is 5.25. The zero-order valence-corrected chi connectivity index (χ0v) is 14.1. The van der Waals surface area contributed by atoms with E-state index in [-0.39, 0.29) is 0 Å². The number of imidazole rings is 1. The molecule has 1 atom stereocenters. The minimum Gasteiger partial charge on any atom is -0.334 e. The van der Waals surface area contributed by atoms with Crippen LogP contribution in [0.25, 0.3) is 0 Å². The van der Waals surface area contributed by atoms with E-state index >= 15 is 0 Å². The van der Waals surface area contributed by atoms with E-state index in [1.807, 2.05) is 6.20 Å². The van der Waals surface area contributed by atoms with Crippen molar-refractivity contribution in [2.75, 3.05) is 0 Å². The number of aryl methyl sites for hydroxylation is 3. The van der Waals surface area contributed by atoms with Crippen LogP contribution in [0.4, 0.5) is 0 Å². The van der Waals surface area contributed by atoms with Gasteiger partial charge in [-0.2, -0.15) is 5.10 Å². The molecule has 3 rings (SSSR count). The molecule has 0 aliphatic carbocycles. The largest absolute Gasteiger partial charge is 0.334 e. The second kappa shape index (κ2) is 6.82. The van der Waals surface area contributed by atoms with E-state index in [0.29, 0.717) is 5.92 Å². The minimum atomic E-state index is 0.309. The summed E-state index contributed by atoms with van der Waals surface area (Å²) in [6.07, 6.45) is 6.13. The lowest BCUT2D eigenvalue weighted by Gasteiger charge is -2.14. The van der Waals surface area contributed by atoms with Gasteiger partial charge in [0.25, 0.3) is 0 Å². The molecule has 2 aromatic heterocycles. The smallest absolute Gasteiger partial charge is 0.115 e. The lowest BCUT2D eigenvalue weighted by molar-refractivity contribution is 0.596. The fourth-order valence-electron chi connectivity index (χ4n) is 3.15. The predicted molar refractivity (Wildman–Crippen MR) is 92.6 cm³/mol. The van der Waals surface area contributed by atoms with Crippen LogP contribution in [0, 0.1) is 13.8 Å². The number of hydrogen-bond acceptors (Lipinski definition) is 2. The quantitative estimate of drug-likeness (QED) is 0.748. The molecule has 3 aromatic rings. The van der Waals surface area contributed by atoms with Crippen LogP contribution in [0.2, 0.25) is 0 Å². The van der Waals surface area contributed by atoms with Crippen molar-refractivity contribution in [2.45, 2.75) is 46.1 Å². The summed E-state index contributed by atoms with van der Waals surface area (Å²) in [5.74, 6) is 1.44. The number of H-pyrrole nitrogens is 1. The van der Waals surface area contributed by atoms with Gasteiger partial charge in [-0.3, -0.25) is 5.10 Å². The summed E-state index contributed by atoms with van der Waals surface area (Å²) in [5, 5.41) is 7.34. The molecule has 0 fully saturated rings. The fourth-order valence-corrected chi connectivity index (χ4v) is 3.15. The Hall–Kier alpha value is -2.36. The third-order valence-corrected chi connectivity index (χ3v) is 4.54. The van der Waals surface area contributed by atoms with Gasteiger partial charge >= 0.3 is 0 Å². The molecule has 2 heterocycles. The average molecular weight is 308 g/mol. The summed E-state index contributed by atoms with van der Waals surface area (Å²) in [6, 6.07) is 10.6. The summed E-state index contributed by atoms with van der Waals surface area (Å²) in [5.41, 5.74) is 4.96. The molecule has 4 nitrogen and oxygen atoms in total. The molecule has 0 spiro atoms. The Morgan fingerprint density at radius 1 is 1.17 bits per heavy atom. The van der Waals surface area contributed by atoms with Gasteiger partial charge in [-0.05, 0) is 37.8 Å². The van der Waals surface area contributed by atoms with Crippen LogP contribution in [0.15, 0.2) is 42.7 Å². The van der Waals surface area contributed by atoms with Gasteiger partial charge < -0.3 is 4.57 Å². The molecular weight excluding hydrogens is 284 g/mol. The lowest BCUT2D eigenvalue weighted by Crippen LogP contribution is -2.08. The van der Waals surface area contributed by atoms with E-state index in [1.165, 1.54) is 16.8 Å². The molecule has 0 aliphatic heterocycles. The third-order valence-electron chi connectivity index (χ3n) is 4.54. The number of nitrogens with zero attached hydrogens (tertiary/aromatic N) is 3. The summed E-state index contributed by atoms with van der Waals surface area (Å²) >= 11 is 0. The number of rotatable bonds is 6. The van der Waals surface area contributed by atoms with Gasteiger partial charge in [-0.1, -0.05) is 37.3 Å². The first-order chi connectivity index (χ1) is 11.2. The molecule has 0 aliphatic rings. The van der Waals surface area contributed by atoms with E-state index < -0.39 is 0 Å². The Labute approximate surface area is 137 Å². The van der Waals surface area contributed by atoms with Crippen molar-refractivity contribution in [2.24, 2.45) is 0 Å². The number of benzene rings is 1. The van der Waals surface area contributed by atoms with E-state index in [1.54, 1.807) is 0 Å². The zero-order valence-electron chi connectivity index (χ0n) is 14.1. The highest BCUT2D eigenvalue weighted by atomic mass is 15.1. The molecule has 0 amide bonds. The number of aromatic nitrogens is 4. The predicted octanol–water partition coefficient (Wildman–Crippen LogP) is 4.01. The van der Waals surface area contributed by atoms with Crippen LogP contribution in [0.1, 0.15) is 47.6 Å². The minimum absolute atomic E-state index is 0.309. The van der Waals surface area contributed by atoms with Crippen LogP contribution in [-0.2, 0) is 13.0 Å². The van der Waals surface area contributed by atoms with E-state index in [4.69, 9.17) is 0 Å². The lowest BCUT2D eigenvalue weighted by atomic mass is 10.0. The van der Waals surface area contributed by atoms with Crippen LogP contribution in [0.3, 0.4) is 0 Å². The maximum absolute atomic E-state index is 4.59. The Balaban J connectivity index is 1.67. The third kappa shape index (κ3) is 3.36. The van der Waals surface area contributed by atoms with Gasteiger partial charge in [-0.25, -0.2) is 4.98 Å². The van der Waals surface area contributed by atoms with Crippen molar-refractivity contribution in [3.63, 3.8) is 0 Å². The highest BCUT2D eigenvalue weighted by Crippen LogP contribution is 2.23. The Bertz CT molecular complexity index is 735. The van der Waals surface area contributed by atoms with Crippen molar-refractivity contribution in [1.82, 2.24) is 19.7 Å². The molecule has 1 N–H and O–H groups in total. The van der Waals surface area contributed by atoms with E-state index in [2.05, 4.69) is 77.0 Å². The first-order valence-corrected chi connectivity index (χ1v) is 8.23. The summed E-state index contributed by atoms with van der Waals surface area (Å²) in [6.45, 7) is 7.36. The van der Waals surface area contributed by atoms with E-state index in [0.717, 1.165) is 30.9 Å². The molecule has 120 valence electrons. The summed E-state index contributed by atoms with van der Waals surface area (Å²) < 4.78 is 2.28. The maximum Gasteiger partial charge on any atom is 0.115 e. The van der Waals surface area contributed by atoms with Crippen LogP contribution < -0.4 is 0 Å². The molecule has 1 unspecified atom stereocenters. The average Bonchev–Trinajstić information content (AvgIpc) is 3.16. The Morgan fingerprint density at radius 3 is 2.65 bits per heavy atom. The molecule has 1 aromatic carbocycles. The van der Waals surface area contributed by atoms with E-state index in [9.17, 15) is 0 Å². The first-order valence-electron chi connectivity index (χ1n) is 8.23. The second-order valence-electron chi connectivity index (χ2n) is 6.13. The molecular formula is C19H24N4. The van der Waals surface area contributed by atoms with Gasteiger partial charge in [-0.15, -0.1) is 0 Å². The molecule has 23 heavy (non-hydrogen) atoms. The van der Waals surface area contributed by atoms with Crippen molar-refractivity contribution in [3.05, 3.63) is 71.1 Å². The van der Waals surface area contributed by atoms with Crippen molar-refractivity contribution < 1.29 is 0 Å². The second-order valence-corrected chi connectivity index (χ2v) is 6.13. The van der Waals surface area contributed by atoms with Crippen molar-refractivity contribution in [3.8, 4) is 0 Å². The van der Waals surface area contributed by atoms with Gasteiger partial charge in [0, 0.05) is 30.6 Å².